The van der Waals surface area contributed by atoms with Gasteiger partial charge in [0, 0.05) is 5.56 Å². The Morgan fingerprint density at radius 1 is 1.12 bits per heavy atom. The van der Waals surface area contributed by atoms with Crippen LogP contribution in [0.2, 0.25) is 0 Å². The summed E-state index contributed by atoms with van der Waals surface area (Å²) in [7, 11) is 0. The van der Waals surface area contributed by atoms with Crippen LogP contribution in [0.25, 0.3) is 11.0 Å². The fourth-order valence-corrected chi connectivity index (χ4v) is 2.74. The minimum absolute atomic E-state index is 0.133. The molecule has 1 atom stereocenters. The first-order valence-corrected chi connectivity index (χ1v) is 7.60. The lowest BCUT2D eigenvalue weighted by molar-refractivity contribution is 0.0687. The summed E-state index contributed by atoms with van der Waals surface area (Å²) in [5, 5.41) is 2.75. The van der Waals surface area contributed by atoms with Crippen LogP contribution in [0.1, 0.15) is 41.3 Å². The summed E-state index contributed by atoms with van der Waals surface area (Å²) in [6, 6.07) is 13.2. The molecule has 1 heterocycles. The number of carbonyl (C=O) groups is 1. The van der Waals surface area contributed by atoms with E-state index in [1.165, 1.54) is 0 Å². The van der Waals surface area contributed by atoms with E-state index in [9.17, 15) is 13.6 Å². The van der Waals surface area contributed by atoms with Gasteiger partial charge in [0.15, 0.2) is 0 Å². The van der Waals surface area contributed by atoms with Gasteiger partial charge in [-0.05, 0) is 37.6 Å². The molecule has 0 radical (unpaired) electrons. The van der Waals surface area contributed by atoms with E-state index in [2.05, 4.69) is 10.3 Å². The van der Waals surface area contributed by atoms with Gasteiger partial charge in [-0.1, -0.05) is 30.3 Å². The van der Waals surface area contributed by atoms with E-state index >= 15 is 0 Å². The highest BCUT2D eigenvalue weighted by atomic mass is 19.3. The summed E-state index contributed by atoms with van der Waals surface area (Å²) in [5.41, 5.74) is 2.16. The van der Waals surface area contributed by atoms with Crippen molar-refractivity contribution in [1.82, 2.24) is 14.9 Å². The zero-order valence-electron chi connectivity index (χ0n) is 13.3. The molecule has 2 aromatic carbocycles. The van der Waals surface area contributed by atoms with Gasteiger partial charge in [-0.25, -0.2) is 4.98 Å². The SMILES string of the molecule is Cc1ccccc1C(=O)NC(C)c1nc2ccccc2n1C(F)F. The minimum Gasteiger partial charge on any atom is -0.342 e. The summed E-state index contributed by atoms with van der Waals surface area (Å²) >= 11 is 0. The van der Waals surface area contributed by atoms with Crippen molar-refractivity contribution in [3.63, 3.8) is 0 Å². The molecule has 1 unspecified atom stereocenters. The number of hydrogen-bond acceptors (Lipinski definition) is 2. The van der Waals surface area contributed by atoms with Crippen LogP contribution in [-0.4, -0.2) is 15.5 Å². The smallest absolute Gasteiger partial charge is 0.320 e. The van der Waals surface area contributed by atoms with E-state index in [1.54, 1.807) is 43.3 Å². The molecule has 1 N–H and O–H groups in total. The van der Waals surface area contributed by atoms with Gasteiger partial charge in [0.2, 0.25) is 0 Å². The average molecular weight is 329 g/mol. The lowest BCUT2D eigenvalue weighted by Crippen LogP contribution is -2.29. The summed E-state index contributed by atoms with van der Waals surface area (Å²) < 4.78 is 27.8. The highest BCUT2D eigenvalue weighted by Gasteiger charge is 2.23. The van der Waals surface area contributed by atoms with Gasteiger partial charge in [-0.3, -0.25) is 9.36 Å². The van der Waals surface area contributed by atoms with Gasteiger partial charge >= 0.3 is 6.55 Å². The lowest BCUT2D eigenvalue weighted by atomic mass is 10.1. The molecule has 24 heavy (non-hydrogen) atoms. The van der Waals surface area contributed by atoms with Gasteiger partial charge in [-0.2, -0.15) is 8.78 Å². The molecule has 0 aliphatic rings. The number of amides is 1. The number of nitrogens with one attached hydrogen (secondary N) is 1. The Hall–Kier alpha value is -2.76. The Morgan fingerprint density at radius 2 is 1.79 bits per heavy atom. The third-order valence-electron chi connectivity index (χ3n) is 3.94. The van der Waals surface area contributed by atoms with Crippen molar-refractivity contribution in [2.75, 3.05) is 0 Å². The van der Waals surface area contributed by atoms with Gasteiger partial charge in [-0.15, -0.1) is 0 Å². The van der Waals surface area contributed by atoms with E-state index < -0.39 is 12.6 Å². The number of carbonyl (C=O) groups excluding carboxylic acids is 1. The Balaban J connectivity index is 1.94. The molecule has 0 fully saturated rings. The van der Waals surface area contributed by atoms with Crippen molar-refractivity contribution in [3.05, 3.63) is 65.5 Å². The first-order valence-electron chi connectivity index (χ1n) is 7.60. The van der Waals surface area contributed by atoms with Crippen molar-refractivity contribution in [2.24, 2.45) is 0 Å². The molecule has 0 saturated carbocycles. The van der Waals surface area contributed by atoms with Gasteiger partial charge in [0.25, 0.3) is 5.91 Å². The molecule has 4 nitrogen and oxygen atoms in total. The van der Waals surface area contributed by atoms with Crippen molar-refractivity contribution >= 4 is 16.9 Å². The van der Waals surface area contributed by atoms with Crippen LogP contribution in [0, 0.1) is 6.92 Å². The normalized spacial score (nSPS) is 12.5. The maximum Gasteiger partial charge on any atom is 0.320 e. The molecular formula is C18H17F2N3O. The fourth-order valence-electron chi connectivity index (χ4n) is 2.74. The van der Waals surface area contributed by atoms with Crippen LogP contribution in [0.15, 0.2) is 48.5 Å². The number of imidazole rings is 1. The third-order valence-corrected chi connectivity index (χ3v) is 3.94. The number of benzene rings is 2. The van der Waals surface area contributed by atoms with Crippen LogP contribution < -0.4 is 5.32 Å². The molecule has 0 bridgehead atoms. The standard InChI is InChI=1S/C18H17F2N3O/c1-11-7-3-4-8-13(11)17(24)21-12(2)16-22-14-9-5-6-10-15(14)23(16)18(19)20/h3-10,12,18H,1-2H3,(H,21,24). The maximum atomic E-state index is 13.5. The molecule has 124 valence electrons. The summed E-state index contributed by atoms with van der Waals surface area (Å²) in [5.74, 6) is -0.179. The number of alkyl halides is 2. The highest BCUT2D eigenvalue weighted by molar-refractivity contribution is 5.95. The molecule has 3 aromatic rings. The quantitative estimate of drug-likeness (QED) is 0.778. The molecule has 1 aromatic heterocycles. The number of halogens is 2. The third kappa shape index (κ3) is 2.87. The number of para-hydroxylation sites is 2. The maximum absolute atomic E-state index is 13.5. The van der Waals surface area contributed by atoms with Crippen LogP contribution in [0.4, 0.5) is 8.78 Å². The zero-order chi connectivity index (χ0) is 17.3. The second kappa shape index (κ2) is 6.39. The Bertz CT molecular complexity index is 889. The highest BCUT2D eigenvalue weighted by Crippen LogP contribution is 2.26. The predicted octanol–water partition coefficient (Wildman–Crippen LogP) is 4.23. The van der Waals surface area contributed by atoms with Crippen molar-refractivity contribution in [1.29, 1.82) is 0 Å². The fraction of sp³-hybridized carbons (Fsp3) is 0.222. The van der Waals surface area contributed by atoms with Crippen molar-refractivity contribution < 1.29 is 13.6 Å². The van der Waals surface area contributed by atoms with Crippen LogP contribution >= 0.6 is 0 Å². The summed E-state index contributed by atoms with van der Waals surface area (Å²) in [6.07, 6.45) is 0. The zero-order valence-corrected chi connectivity index (χ0v) is 13.3. The lowest BCUT2D eigenvalue weighted by Gasteiger charge is -2.16. The molecule has 1 amide bonds. The second-order valence-corrected chi connectivity index (χ2v) is 5.62. The molecule has 0 spiro atoms. The topological polar surface area (TPSA) is 46.9 Å². The molecule has 0 saturated heterocycles. The van der Waals surface area contributed by atoms with Crippen molar-refractivity contribution in [3.8, 4) is 0 Å². The van der Waals surface area contributed by atoms with E-state index in [0.717, 1.165) is 10.1 Å². The molecule has 0 aliphatic heterocycles. The van der Waals surface area contributed by atoms with Gasteiger partial charge in [0.1, 0.15) is 5.82 Å². The van der Waals surface area contributed by atoms with E-state index in [4.69, 9.17) is 0 Å². The first-order chi connectivity index (χ1) is 11.5. The van der Waals surface area contributed by atoms with Crippen molar-refractivity contribution in [2.45, 2.75) is 26.4 Å². The number of nitrogens with zero attached hydrogens (tertiary/aromatic N) is 2. The van der Waals surface area contributed by atoms with E-state index in [-0.39, 0.29) is 11.7 Å². The summed E-state index contributed by atoms with van der Waals surface area (Å²) in [6.45, 7) is 0.745. The molecule has 3 rings (SSSR count). The Kier molecular flexibility index (Phi) is 4.29. The Labute approximate surface area is 138 Å². The number of rotatable bonds is 4. The number of fused-ring (bicyclic) bond motifs is 1. The molecule has 0 aliphatic carbocycles. The van der Waals surface area contributed by atoms with E-state index in [1.807, 2.05) is 19.1 Å². The van der Waals surface area contributed by atoms with E-state index in [0.29, 0.717) is 16.6 Å². The first kappa shape index (κ1) is 16.1. The second-order valence-electron chi connectivity index (χ2n) is 5.62. The van der Waals surface area contributed by atoms with Crippen LogP contribution in [0.5, 0.6) is 0 Å². The van der Waals surface area contributed by atoms with Crippen LogP contribution in [0.3, 0.4) is 0 Å². The van der Waals surface area contributed by atoms with Crippen LogP contribution in [-0.2, 0) is 0 Å². The number of aryl methyl sites for hydroxylation is 1. The largest absolute Gasteiger partial charge is 0.342 e. The monoisotopic (exact) mass is 329 g/mol. The van der Waals surface area contributed by atoms with Gasteiger partial charge in [0.05, 0.1) is 17.1 Å². The minimum atomic E-state index is -2.73. The predicted molar refractivity (Wildman–Crippen MR) is 88.0 cm³/mol. The number of aromatic nitrogens is 2. The number of hydrogen-bond donors (Lipinski definition) is 1. The van der Waals surface area contributed by atoms with Gasteiger partial charge < -0.3 is 5.32 Å². The average Bonchev–Trinajstić information content (AvgIpc) is 2.95. The molecular weight excluding hydrogens is 312 g/mol. The summed E-state index contributed by atoms with van der Waals surface area (Å²) in [4.78, 5) is 16.7. The Morgan fingerprint density at radius 3 is 2.50 bits per heavy atom. The molecule has 6 heteroatoms.